The van der Waals surface area contributed by atoms with Crippen LogP contribution in [0.5, 0.6) is 0 Å². The Labute approximate surface area is 113 Å². The van der Waals surface area contributed by atoms with Crippen molar-refractivity contribution in [2.45, 2.75) is 64.5 Å². The molecule has 1 rings (SSSR count). The van der Waals surface area contributed by atoms with Crippen LogP contribution < -0.4 is 11.5 Å². The Morgan fingerprint density at radius 2 is 1.94 bits per heavy atom. The van der Waals surface area contributed by atoms with E-state index in [1.807, 2.05) is 0 Å². The molecule has 4 N–H and O–H groups in total. The van der Waals surface area contributed by atoms with Crippen LogP contribution in [-0.4, -0.2) is 36.6 Å². The number of unbranched alkanes of at least 4 members (excludes halogenated alkanes) is 2. The summed E-state index contributed by atoms with van der Waals surface area (Å²) in [5.41, 5.74) is 12.2. The number of nitrogens with zero attached hydrogens (tertiary/aromatic N) is 1. The fourth-order valence-electron chi connectivity index (χ4n) is 3.25. The second-order valence-electron chi connectivity index (χ2n) is 6.62. The second kappa shape index (κ2) is 6.88. The molecule has 1 aliphatic rings. The lowest BCUT2D eigenvalue weighted by Gasteiger charge is -2.50. The van der Waals surface area contributed by atoms with Gasteiger partial charge in [0, 0.05) is 11.6 Å². The molecule has 3 atom stereocenters. The number of nitrogens with two attached hydrogens (primary N) is 2. The van der Waals surface area contributed by atoms with Crippen molar-refractivity contribution >= 4 is 0 Å². The topological polar surface area (TPSA) is 55.3 Å². The lowest BCUT2D eigenvalue weighted by molar-refractivity contribution is 0.00303. The molecule has 0 amide bonds. The Balaban J connectivity index is 2.45. The summed E-state index contributed by atoms with van der Waals surface area (Å²) in [7, 11) is 2.24. The van der Waals surface area contributed by atoms with Gasteiger partial charge in [-0.2, -0.15) is 0 Å². The highest BCUT2D eigenvalue weighted by molar-refractivity contribution is 4.96. The van der Waals surface area contributed by atoms with Crippen LogP contribution in [0.25, 0.3) is 0 Å². The molecule has 3 nitrogen and oxygen atoms in total. The van der Waals surface area contributed by atoms with E-state index in [-0.39, 0.29) is 5.54 Å². The van der Waals surface area contributed by atoms with Crippen LogP contribution >= 0.6 is 0 Å². The number of likely N-dealkylation sites (tertiary alicyclic amines) is 1. The monoisotopic (exact) mass is 255 g/mol. The summed E-state index contributed by atoms with van der Waals surface area (Å²) in [6.07, 6.45) is 6.02. The molecule has 0 saturated carbocycles. The molecule has 3 heteroatoms. The van der Waals surface area contributed by atoms with Gasteiger partial charge in [-0.25, -0.2) is 0 Å². The van der Waals surface area contributed by atoms with Crippen molar-refractivity contribution in [3.05, 3.63) is 0 Å². The third kappa shape index (κ3) is 3.69. The van der Waals surface area contributed by atoms with Gasteiger partial charge in [0.25, 0.3) is 0 Å². The van der Waals surface area contributed by atoms with Crippen molar-refractivity contribution in [1.82, 2.24) is 4.90 Å². The van der Waals surface area contributed by atoms with Gasteiger partial charge in [0.2, 0.25) is 0 Å². The van der Waals surface area contributed by atoms with Crippen LogP contribution in [0.15, 0.2) is 0 Å². The third-order valence-corrected chi connectivity index (χ3v) is 5.33. The van der Waals surface area contributed by atoms with Crippen LogP contribution in [0.1, 0.15) is 52.9 Å². The van der Waals surface area contributed by atoms with Gasteiger partial charge in [-0.1, -0.05) is 19.8 Å². The van der Waals surface area contributed by atoms with E-state index < -0.39 is 0 Å². The second-order valence-corrected chi connectivity index (χ2v) is 6.62. The average molecular weight is 255 g/mol. The molecule has 1 saturated heterocycles. The minimum atomic E-state index is 0.276. The van der Waals surface area contributed by atoms with Crippen molar-refractivity contribution in [3.8, 4) is 0 Å². The van der Waals surface area contributed by atoms with Crippen LogP contribution in [0.2, 0.25) is 0 Å². The quantitative estimate of drug-likeness (QED) is 0.715. The predicted molar refractivity (Wildman–Crippen MR) is 79.5 cm³/mol. The largest absolute Gasteiger partial charge is 0.330 e. The first-order chi connectivity index (χ1) is 8.41. The molecule has 0 spiro atoms. The molecule has 1 fully saturated rings. The smallest absolute Gasteiger partial charge is 0.0178 e. The maximum atomic E-state index is 6.44. The molecule has 3 unspecified atom stereocenters. The van der Waals surface area contributed by atoms with E-state index in [1.54, 1.807) is 0 Å². The van der Waals surface area contributed by atoms with Gasteiger partial charge in [-0.3, -0.25) is 0 Å². The third-order valence-electron chi connectivity index (χ3n) is 5.33. The minimum absolute atomic E-state index is 0.276. The number of rotatable bonds is 6. The minimum Gasteiger partial charge on any atom is -0.330 e. The zero-order valence-electron chi connectivity index (χ0n) is 12.8. The normalized spacial score (nSPS) is 30.3. The van der Waals surface area contributed by atoms with E-state index >= 15 is 0 Å². The zero-order chi connectivity index (χ0) is 13.8. The van der Waals surface area contributed by atoms with E-state index in [1.165, 1.54) is 25.8 Å². The van der Waals surface area contributed by atoms with E-state index in [2.05, 4.69) is 32.7 Å². The fraction of sp³-hybridized carbons (Fsp3) is 1.00. The highest BCUT2D eigenvalue weighted by Crippen LogP contribution is 2.38. The SMILES string of the molecule is CC1C(C(N)CCCCCN)CCN(C)C1(C)C. The summed E-state index contributed by atoms with van der Waals surface area (Å²) in [4.78, 5) is 2.48. The summed E-state index contributed by atoms with van der Waals surface area (Å²) in [5.74, 6) is 1.34. The van der Waals surface area contributed by atoms with Crippen LogP contribution in [0, 0.1) is 11.8 Å². The summed E-state index contributed by atoms with van der Waals surface area (Å²) in [5, 5.41) is 0. The molecule has 18 heavy (non-hydrogen) atoms. The first-order valence-electron chi connectivity index (χ1n) is 7.58. The molecule has 0 aliphatic carbocycles. The summed E-state index contributed by atoms with van der Waals surface area (Å²) < 4.78 is 0. The van der Waals surface area contributed by atoms with Crippen LogP contribution in [-0.2, 0) is 0 Å². The standard InChI is InChI=1S/C15H33N3/c1-12-13(9-11-18(4)15(12,2)3)14(17)8-6-5-7-10-16/h12-14H,5-11,16-17H2,1-4H3. The molecule has 0 radical (unpaired) electrons. The number of piperidine rings is 1. The van der Waals surface area contributed by atoms with Crippen molar-refractivity contribution < 1.29 is 0 Å². The maximum Gasteiger partial charge on any atom is 0.0178 e. The molecular formula is C15H33N3. The van der Waals surface area contributed by atoms with Crippen molar-refractivity contribution in [3.63, 3.8) is 0 Å². The molecule has 108 valence electrons. The predicted octanol–water partition coefficient (Wildman–Crippen LogP) is 2.20. The molecule has 1 aliphatic heterocycles. The highest BCUT2D eigenvalue weighted by atomic mass is 15.2. The Bertz CT molecular complexity index is 240. The van der Waals surface area contributed by atoms with Crippen LogP contribution in [0.4, 0.5) is 0 Å². The van der Waals surface area contributed by atoms with E-state index in [9.17, 15) is 0 Å². The van der Waals surface area contributed by atoms with E-state index in [4.69, 9.17) is 11.5 Å². The van der Waals surface area contributed by atoms with Gasteiger partial charge in [0.15, 0.2) is 0 Å². The Morgan fingerprint density at radius 1 is 1.28 bits per heavy atom. The Kier molecular flexibility index (Phi) is 6.09. The molecule has 0 aromatic heterocycles. The molecular weight excluding hydrogens is 222 g/mol. The van der Waals surface area contributed by atoms with Gasteiger partial charge in [-0.05, 0) is 65.1 Å². The number of hydrogen-bond acceptors (Lipinski definition) is 3. The Hall–Kier alpha value is -0.120. The van der Waals surface area contributed by atoms with Gasteiger partial charge >= 0.3 is 0 Å². The molecule has 0 bridgehead atoms. The summed E-state index contributed by atoms with van der Waals surface area (Å²) in [6, 6.07) is 0.366. The summed E-state index contributed by atoms with van der Waals surface area (Å²) in [6.45, 7) is 9.07. The maximum absolute atomic E-state index is 6.44. The van der Waals surface area contributed by atoms with Crippen molar-refractivity contribution in [1.29, 1.82) is 0 Å². The number of hydrogen-bond donors (Lipinski definition) is 2. The average Bonchev–Trinajstić information content (AvgIpc) is 2.32. The van der Waals surface area contributed by atoms with Gasteiger partial charge in [0.1, 0.15) is 0 Å². The van der Waals surface area contributed by atoms with Crippen molar-refractivity contribution in [2.24, 2.45) is 23.3 Å². The first kappa shape index (κ1) is 15.9. The lowest BCUT2D eigenvalue weighted by Crippen LogP contribution is -2.56. The molecule has 1 heterocycles. The first-order valence-corrected chi connectivity index (χ1v) is 7.58. The zero-order valence-corrected chi connectivity index (χ0v) is 12.8. The molecule has 0 aromatic rings. The lowest BCUT2D eigenvalue weighted by atomic mass is 9.70. The van der Waals surface area contributed by atoms with E-state index in [0.717, 1.165) is 19.4 Å². The van der Waals surface area contributed by atoms with Gasteiger partial charge in [-0.15, -0.1) is 0 Å². The molecule has 0 aromatic carbocycles. The van der Waals surface area contributed by atoms with Gasteiger partial charge < -0.3 is 16.4 Å². The Morgan fingerprint density at radius 3 is 2.56 bits per heavy atom. The van der Waals surface area contributed by atoms with Crippen LogP contribution in [0.3, 0.4) is 0 Å². The van der Waals surface area contributed by atoms with Crippen molar-refractivity contribution in [2.75, 3.05) is 20.1 Å². The fourth-order valence-corrected chi connectivity index (χ4v) is 3.25. The summed E-state index contributed by atoms with van der Waals surface area (Å²) >= 11 is 0. The highest BCUT2D eigenvalue weighted by Gasteiger charge is 2.41. The van der Waals surface area contributed by atoms with Gasteiger partial charge in [0.05, 0.1) is 0 Å². The van der Waals surface area contributed by atoms with E-state index in [0.29, 0.717) is 17.9 Å².